The molecule has 20 heavy (non-hydrogen) atoms. The SMILES string of the molecule is CCN=C(Cc1ccc2ccccc2c1Cl)NCC.Cl. The number of nitrogens with zero attached hydrogens (tertiary/aromatic N) is 1. The van der Waals surface area contributed by atoms with Gasteiger partial charge in [0.2, 0.25) is 0 Å². The number of amidine groups is 1. The van der Waals surface area contributed by atoms with Crippen LogP contribution in [0.1, 0.15) is 19.4 Å². The van der Waals surface area contributed by atoms with Crippen molar-refractivity contribution in [3.8, 4) is 0 Å². The van der Waals surface area contributed by atoms with E-state index in [1.54, 1.807) is 0 Å². The Balaban J connectivity index is 0.00000200. The quantitative estimate of drug-likeness (QED) is 0.653. The third-order valence-corrected chi connectivity index (χ3v) is 3.48. The molecule has 0 saturated carbocycles. The number of aliphatic imine (C=N–C) groups is 1. The average Bonchev–Trinajstić information content (AvgIpc) is 2.43. The van der Waals surface area contributed by atoms with E-state index < -0.39 is 0 Å². The second-order valence-electron chi connectivity index (χ2n) is 4.39. The van der Waals surface area contributed by atoms with E-state index in [-0.39, 0.29) is 12.4 Å². The first-order chi connectivity index (χ1) is 9.26. The number of halogens is 2. The Labute approximate surface area is 131 Å². The highest BCUT2D eigenvalue weighted by Crippen LogP contribution is 2.27. The van der Waals surface area contributed by atoms with Gasteiger partial charge in [0.15, 0.2) is 0 Å². The molecule has 2 rings (SSSR count). The lowest BCUT2D eigenvalue weighted by Gasteiger charge is -2.11. The summed E-state index contributed by atoms with van der Waals surface area (Å²) in [5.41, 5.74) is 1.12. The molecule has 0 spiro atoms. The Kier molecular flexibility index (Phi) is 6.83. The molecule has 0 aromatic heterocycles. The Bertz CT molecular complexity index is 594. The van der Waals surface area contributed by atoms with E-state index in [2.05, 4.69) is 41.5 Å². The largest absolute Gasteiger partial charge is 0.374 e. The van der Waals surface area contributed by atoms with E-state index in [0.717, 1.165) is 41.3 Å². The van der Waals surface area contributed by atoms with Crippen molar-refractivity contribution in [2.45, 2.75) is 20.3 Å². The summed E-state index contributed by atoms with van der Waals surface area (Å²) < 4.78 is 0. The summed E-state index contributed by atoms with van der Waals surface area (Å²) in [5.74, 6) is 1.00. The molecule has 0 radical (unpaired) electrons. The highest BCUT2D eigenvalue weighted by Gasteiger charge is 2.07. The zero-order chi connectivity index (χ0) is 13.7. The lowest BCUT2D eigenvalue weighted by atomic mass is 10.0. The molecule has 2 aromatic rings. The Morgan fingerprint density at radius 1 is 1.15 bits per heavy atom. The third-order valence-electron chi connectivity index (χ3n) is 3.03. The van der Waals surface area contributed by atoms with Crippen molar-refractivity contribution in [1.82, 2.24) is 5.32 Å². The first kappa shape index (κ1) is 16.8. The summed E-state index contributed by atoms with van der Waals surface area (Å²) in [6, 6.07) is 12.4. The number of rotatable bonds is 4. The van der Waals surface area contributed by atoms with Gasteiger partial charge in [-0.2, -0.15) is 0 Å². The zero-order valence-corrected chi connectivity index (χ0v) is 13.4. The van der Waals surface area contributed by atoms with Crippen molar-refractivity contribution in [3.05, 3.63) is 47.0 Å². The molecule has 0 amide bonds. The first-order valence-corrected chi connectivity index (χ1v) is 7.07. The van der Waals surface area contributed by atoms with Gasteiger partial charge in [0.1, 0.15) is 5.84 Å². The van der Waals surface area contributed by atoms with Crippen LogP contribution in [0.25, 0.3) is 10.8 Å². The average molecular weight is 311 g/mol. The van der Waals surface area contributed by atoms with Crippen LogP contribution in [0.5, 0.6) is 0 Å². The monoisotopic (exact) mass is 310 g/mol. The van der Waals surface area contributed by atoms with Crippen LogP contribution in [0.15, 0.2) is 41.4 Å². The van der Waals surface area contributed by atoms with Crippen molar-refractivity contribution in [2.75, 3.05) is 13.1 Å². The fourth-order valence-electron chi connectivity index (χ4n) is 2.16. The van der Waals surface area contributed by atoms with Crippen molar-refractivity contribution in [1.29, 1.82) is 0 Å². The Morgan fingerprint density at radius 2 is 1.90 bits per heavy atom. The topological polar surface area (TPSA) is 24.4 Å². The van der Waals surface area contributed by atoms with Gasteiger partial charge in [-0.1, -0.05) is 48.0 Å². The molecular weight excluding hydrogens is 291 g/mol. The smallest absolute Gasteiger partial charge is 0.101 e. The molecule has 0 atom stereocenters. The van der Waals surface area contributed by atoms with Gasteiger partial charge in [-0.05, 0) is 24.8 Å². The molecule has 0 saturated heterocycles. The minimum absolute atomic E-state index is 0. The van der Waals surface area contributed by atoms with Crippen LogP contribution in [-0.2, 0) is 6.42 Å². The second kappa shape index (κ2) is 8.13. The van der Waals surface area contributed by atoms with E-state index in [9.17, 15) is 0 Å². The fourth-order valence-corrected chi connectivity index (χ4v) is 2.47. The number of benzene rings is 2. The molecule has 0 fully saturated rings. The van der Waals surface area contributed by atoms with E-state index in [4.69, 9.17) is 11.6 Å². The minimum Gasteiger partial charge on any atom is -0.374 e. The van der Waals surface area contributed by atoms with Crippen molar-refractivity contribution < 1.29 is 0 Å². The molecule has 1 N–H and O–H groups in total. The van der Waals surface area contributed by atoms with Gasteiger partial charge in [0.05, 0.1) is 5.02 Å². The number of hydrogen-bond acceptors (Lipinski definition) is 1. The number of fused-ring (bicyclic) bond motifs is 1. The molecular formula is C16H20Cl2N2. The van der Waals surface area contributed by atoms with E-state index >= 15 is 0 Å². The van der Waals surface area contributed by atoms with Crippen LogP contribution >= 0.6 is 24.0 Å². The van der Waals surface area contributed by atoms with E-state index in [0.29, 0.717) is 0 Å². The van der Waals surface area contributed by atoms with Gasteiger partial charge in [0, 0.05) is 24.9 Å². The maximum absolute atomic E-state index is 6.50. The first-order valence-electron chi connectivity index (χ1n) is 6.69. The maximum atomic E-state index is 6.50. The lowest BCUT2D eigenvalue weighted by molar-refractivity contribution is 0.923. The highest BCUT2D eigenvalue weighted by molar-refractivity contribution is 6.36. The molecule has 0 bridgehead atoms. The van der Waals surface area contributed by atoms with Crippen LogP contribution in [0.2, 0.25) is 5.02 Å². The zero-order valence-electron chi connectivity index (χ0n) is 11.8. The molecule has 0 unspecified atom stereocenters. The molecule has 108 valence electrons. The van der Waals surface area contributed by atoms with Crippen molar-refractivity contribution in [2.24, 2.45) is 4.99 Å². The molecule has 2 aromatic carbocycles. The summed E-state index contributed by atoms with van der Waals surface area (Å²) in [6.45, 7) is 5.78. The summed E-state index contributed by atoms with van der Waals surface area (Å²) in [4.78, 5) is 4.48. The number of likely N-dealkylation sites (N-methyl/N-ethyl adjacent to an activating group) is 1. The van der Waals surface area contributed by atoms with Crippen molar-refractivity contribution in [3.63, 3.8) is 0 Å². The molecule has 4 heteroatoms. The van der Waals surface area contributed by atoms with Gasteiger partial charge < -0.3 is 5.32 Å². The Hall–Kier alpha value is -1.25. The van der Waals surface area contributed by atoms with Gasteiger partial charge in [-0.3, -0.25) is 4.99 Å². The highest BCUT2D eigenvalue weighted by atomic mass is 35.5. The molecule has 2 nitrogen and oxygen atoms in total. The summed E-state index contributed by atoms with van der Waals surface area (Å²) in [5, 5.41) is 6.41. The van der Waals surface area contributed by atoms with Crippen LogP contribution in [0.3, 0.4) is 0 Å². The van der Waals surface area contributed by atoms with Crippen LogP contribution < -0.4 is 5.32 Å². The number of hydrogen-bond donors (Lipinski definition) is 1. The van der Waals surface area contributed by atoms with Crippen LogP contribution in [-0.4, -0.2) is 18.9 Å². The van der Waals surface area contributed by atoms with Gasteiger partial charge in [0.25, 0.3) is 0 Å². The third kappa shape index (κ3) is 3.87. The van der Waals surface area contributed by atoms with E-state index in [1.807, 2.05) is 19.1 Å². The summed E-state index contributed by atoms with van der Waals surface area (Å²) in [7, 11) is 0. The maximum Gasteiger partial charge on any atom is 0.101 e. The standard InChI is InChI=1S/C16H19ClN2.ClH/c1-3-18-15(19-4-2)11-13-10-9-12-7-5-6-8-14(12)16(13)17;/h5-10H,3-4,11H2,1-2H3,(H,18,19);1H. The van der Waals surface area contributed by atoms with Crippen LogP contribution in [0.4, 0.5) is 0 Å². The molecule has 0 aliphatic carbocycles. The van der Waals surface area contributed by atoms with Crippen LogP contribution in [0, 0.1) is 0 Å². The van der Waals surface area contributed by atoms with E-state index in [1.165, 1.54) is 5.39 Å². The lowest BCUT2D eigenvalue weighted by Crippen LogP contribution is -2.25. The van der Waals surface area contributed by atoms with Crippen molar-refractivity contribution >= 4 is 40.6 Å². The fraction of sp³-hybridized carbons (Fsp3) is 0.312. The predicted molar refractivity (Wildman–Crippen MR) is 91.6 cm³/mol. The van der Waals surface area contributed by atoms with Gasteiger partial charge >= 0.3 is 0 Å². The number of nitrogens with one attached hydrogen (secondary N) is 1. The molecule has 0 aliphatic rings. The van der Waals surface area contributed by atoms with Gasteiger partial charge in [-0.15, -0.1) is 12.4 Å². The minimum atomic E-state index is 0. The summed E-state index contributed by atoms with van der Waals surface area (Å²) >= 11 is 6.50. The summed E-state index contributed by atoms with van der Waals surface area (Å²) in [6.07, 6.45) is 0.755. The normalized spacial score (nSPS) is 11.2. The molecule has 0 aliphatic heterocycles. The molecule has 0 heterocycles. The second-order valence-corrected chi connectivity index (χ2v) is 4.77. The van der Waals surface area contributed by atoms with Gasteiger partial charge in [-0.25, -0.2) is 0 Å². The Morgan fingerprint density at radius 3 is 2.60 bits per heavy atom. The predicted octanol–water partition coefficient (Wildman–Crippen LogP) is 4.49.